The number of benzene rings is 1. The van der Waals surface area contributed by atoms with Gasteiger partial charge in [0.2, 0.25) is 5.91 Å². The Bertz CT molecular complexity index is 703. The Morgan fingerprint density at radius 1 is 1.17 bits per heavy atom. The van der Waals surface area contributed by atoms with Crippen LogP contribution in [0.1, 0.15) is 39.7 Å². The Hall–Kier alpha value is -1.53. The second-order valence-corrected chi connectivity index (χ2v) is 8.02. The molecule has 1 aromatic rings. The molecule has 3 N–H and O–H groups in total. The van der Waals surface area contributed by atoms with Gasteiger partial charge in [0.05, 0.1) is 0 Å². The highest BCUT2D eigenvalue weighted by Crippen LogP contribution is 2.29. The number of hydrogen-bond donors (Lipinski definition) is 3. The van der Waals surface area contributed by atoms with Gasteiger partial charge in [-0.15, -0.1) is 24.8 Å². The maximum Gasteiger partial charge on any atom is 0.248 e. The zero-order valence-corrected chi connectivity index (χ0v) is 19.5. The first kappa shape index (κ1) is 27.5. The van der Waals surface area contributed by atoms with Crippen molar-refractivity contribution in [1.82, 2.24) is 16.0 Å². The molecule has 0 bridgehead atoms. The van der Waals surface area contributed by atoms with Gasteiger partial charge >= 0.3 is 0 Å². The van der Waals surface area contributed by atoms with Crippen LogP contribution >= 0.6 is 24.8 Å². The minimum absolute atomic E-state index is 0. The first-order valence-corrected chi connectivity index (χ1v) is 9.58. The summed E-state index contributed by atoms with van der Waals surface area (Å²) >= 11 is 0. The SMILES string of the molecule is C=CCOc1ccccc1CNCCCNC(=O)C1=CC(C)(C)NC1(C)C.Cl.Cl. The molecule has 2 rings (SSSR count). The van der Waals surface area contributed by atoms with Crippen LogP contribution in [0.25, 0.3) is 0 Å². The summed E-state index contributed by atoms with van der Waals surface area (Å²) in [5.74, 6) is 0.893. The van der Waals surface area contributed by atoms with Gasteiger partial charge in [-0.05, 0) is 46.7 Å². The van der Waals surface area contributed by atoms with E-state index in [0.29, 0.717) is 13.2 Å². The lowest BCUT2D eigenvalue weighted by Gasteiger charge is -2.27. The van der Waals surface area contributed by atoms with E-state index in [2.05, 4.69) is 42.4 Å². The molecule has 29 heavy (non-hydrogen) atoms. The summed E-state index contributed by atoms with van der Waals surface area (Å²) < 4.78 is 5.66. The van der Waals surface area contributed by atoms with Crippen LogP contribution in [0.3, 0.4) is 0 Å². The fourth-order valence-electron chi connectivity index (χ4n) is 3.47. The molecular weight excluding hydrogens is 409 g/mol. The zero-order chi connectivity index (χ0) is 19.9. The number of ether oxygens (including phenoxy) is 1. The number of rotatable bonds is 10. The molecule has 0 aliphatic carbocycles. The highest BCUT2D eigenvalue weighted by Gasteiger charge is 2.39. The number of amides is 1. The molecule has 5 nitrogen and oxygen atoms in total. The molecule has 0 fully saturated rings. The predicted molar refractivity (Wildman–Crippen MR) is 125 cm³/mol. The quantitative estimate of drug-likeness (QED) is 0.380. The van der Waals surface area contributed by atoms with Gasteiger partial charge in [0.25, 0.3) is 0 Å². The number of nitrogens with one attached hydrogen (secondary N) is 3. The molecule has 0 aromatic heterocycles. The zero-order valence-electron chi connectivity index (χ0n) is 17.8. The average Bonchev–Trinajstić information content (AvgIpc) is 2.84. The second-order valence-electron chi connectivity index (χ2n) is 8.02. The Labute approximate surface area is 187 Å². The summed E-state index contributed by atoms with van der Waals surface area (Å²) in [7, 11) is 0. The van der Waals surface area contributed by atoms with Crippen molar-refractivity contribution in [2.24, 2.45) is 0 Å². The molecule has 7 heteroatoms. The smallest absolute Gasteiger partial charge is 0.248 e. The first-order valence-electron chi connectivity index (χ1n) is 9.58. The third kappa shape index (κ3) is 8.39. The molecule has 0 radical (unpaired) electrons. The van der Waals surface area contributed by atoms with E-state index >= 15 is 0 Å². The summed E-state index contributed by atoms with van der Waals surface area (Å²) in [4.78, 5) is 12.5. The summed E-state index contributed by atoms with van der Waals surface area (Å²) in [6.07, 6.45) is 4.64. The van der Waals surface area contributed by atoms with Crippen LogP contribution in [0.15, 0.2) is 48.6 Å². The normalized spacial score (nSPS) is 16.1. The number of halogens is 2. The van der Waals surface area contributed by atoms with Crippen molar-refractivity contribution in [2.75, 3.05) is 19.7 Å². The van der Waals surface area contributed by atoms with Crippen molar-refractivity contribution in [2.45, 2.75) is 51.7 Å². The van der Waals surface area contributed by atoms with Crippen molar-refractivity contribution in [1.29, 1.82) is 0 Å². The van der Waals surface area contributed by atoms with Crippen LogP contribution < -0.4 is 20.7 Å². The van der Waals surface area contributed by atoms with Gasteiger partial charge in [0, 0.05) is 35.3 Å². The van der Waals surface area contributed by atoms with Gasteiger partial charge in [0.1, 0.15) is 12.4 Å². The standard InChI is InChI=1S/C22H33N3O2.2ClH/c1-6-14-27-19-11-8-7-10-17(19)16-23-12-9-13-24-20(26)18-15-21(2,3)25-22(18,4)5;;/h6-8,10-11,15,23,25H,1,9,12-14,16H2,2-5H3,(H,24,26);2*1H. The number of carbonyl (C=O) groups is 1. The largest absolute Gasteiger partial charge is 0.489 e. The van der Waals surface area contributed by atoms with E-state index in [4.69, 9.17) is 4.74 Å². The molecule has 1 aliphatic heterocycles. The molecule has 1 amide bonds. The van der Waals surface area contributed by atoms with Crippen molar-refractivity contribution < 1.29 is 9.53 Å². The number of hydrogen-bond acceptors (Lipinski definition) is 4. The molecule has 0 atom stereocenters. The molecule has 0 spiro atoms. The predicted octanol–water partition coefficient (Wildman–Crippen LogP) is 3.78. The maximum absolute atomic E-state index is 12.5. The monoisotopic (exact) mass is 443 g/mol. The van der Waals surface area contributed by atoms with Crippen LogP contribution in [0.4, 0.5) is 0 Å². The van der Waals surface area contributed by atoms with Crippen molar-refractivity contribution in [3.63, 3.8) is 0 Å². The maximum atomic E-state index is 12.5. The van der Waals surface area contributed by atoms with E-state index in [1.165, 1.54) is 0 Å². The average molecular weight is 444 g/mol. The lowest BCUT2D eigenvalue weighted by Crippen LogP contribution is -2.47. The van der Waals surface area contributed by atoms with Gasteiger partial charge in [-0.1, -0.05) is 36.9 Å². The van der Waals surface area contributed by atoms with E-state index in [9.17, 15) is 4.79 Å². The summed E-state index contributed by atoms with van der Waals surface area (Å²) in [6, 6.07) is 7.99. The molecule has 1 aliphatic rings. The van der Waals surface area contributed by atoms with Crippen LogP contribution in [-0.2, 0) is 11.3 Å². The highest BCUT2D eigenvalue weighted by molar-refractivity contribution is 5.96. The molecule has 1 heterocycles. The van der Waals surface area contributed by atoms with Gasteiger partial charge in [-0.2, -0.15) is 0 Å². The van der Waals surface area contributed by atoms with E-state index in [-0.39, 0.29) is 41.8 Å². The van der Waals surface area contributed by atoms with Gasteiger partial charge in [-0.25, -0.2) is 0 Å². The molecular formula is C22H35Cl2N3O2. The molecule has 0 saturated carbocycles. The summed E-state index contributed by atoms with van der Waals surface area (Å²) in [6.45, 7) is 14.6. The Morgan fingerprint density at radius 3 is 2.48 bits per heavy atom. The van der Waals surface area contributed by atoms with E-state index < -0.39 is 0 Å². The second kappa shape index (κ2) is 12.2. The Balaban J connectivity index is 0.00000392. The summed E-state index contributed by atoms with van der Waals surface area (Å²) in [5.41, 5.74) is 1.48. The van der Waals surface area contributed by atoms with E-state index in [0.717, 1.165) is 36.4 Å². The minimum Gasteiger partial charge on any atom is -0.489 e. The fourth-order valence-corrected chi connectivity index (χ4v) is 3.47. The molecule has 0 unspecified atom stereocenters. The molecule has 164 valence electrons. The van der Waals surface area contributed by atoms with E-state index in [1.54, 1.807) is 6.08 Å². The highest BCUT2D eigenvalue weighted by atomic mass is 35.5. The lowest BCUT2D eigenvalue weighted by molar-refractivity contribution is -0.118. The summed E-state index contributed by atoms with van der Waals surface area (Å²) in [5, 5.41) is 9.91. The number of para-hydroxylation sites is 1. The van der Waals surface area contributed by atoms with Gasteiger partial charge in [0.15, 0.2) is 0 Å². The molecule has 0 saturated heterocycles. The van der Waals surface area contributed by atoms with E-state index in [1.807, 2.05) is 38.1 Å². The topological polar surface area (TPSA) is 62.4 Å². The van der Waals surface area contributed by atoms with Crippen LogP contribution in [0.2, 0.25) is 0 Å². The Kier molecular flexibility index (Phi) is 11.6. The lowest BCUT2D eigenvalue weighted by atomic mass is 9.96. The van der Waals surface area contributed by atoms with Crippen LogP contribution in [-0.4, -0.2) is 36.7 Å². The van der Waals surface area contributed by atoms with Crippen molar-refractivity contribution >= 4 is 30.7 Å². The third-order valence-electron chi connectivity index (χ3n) is 4.52. The van der Waals surface area contributed by atoms with Crippen molar-refractivity contribution in [3.8, 4) is 5.75 Å². The van der Waals surface area contributed by atoms with Gasteiger partial charge in [-0.3, -0.25) is 10.1 Å². The van der Waals surface area contributed by atoms with Crippen LogP contribution in [0.5, 0.6) is 5.75 Å². The first-order chi connectivity index (χ1) is 12.7. The Morgan fingerprint density at radius 2 is 1.86 bits per heavy atom. The number of carbonyl (C=O) groups excluding carboxylic acids is 1. The minimum atomic E-state index is -0.305. The molecule has 1 aromatic carbocycles. The fraction of sp³-hybridized carbons (Fsp3) is 0.500. The van der Waals surface area contributed by atoms with Crippen molar-refractivity contribution in [3.05, 3.63) is 54.1 Å². The van der Waals surface area contributed by atoms with Gasteiger partial charge < -0.3 is 15.4 Å². The van der Waals surface area contributed by atoms with Crippen LogP contribution in [0, 0.1) is 0 Å². The third-order valence-corrected chi connectivity index (χ3v) is 4.52.